The molecule has 0 saturated carbocycles. The molecule has 1 N–H and O–H groups in total. The SMILES string of the molecule is Cc1noc(Cn2c(C)ccc(C(=O)O)c2=O)n1. The van der Waals surface area contributed by atoms with E-state index in [1.165, 1.54) is 10.6 Å². The summed E-state index contributed by atoms with van der Waals surface area (Å²) in [5.74, 6) is -0.527. The van der Waals surface area contributed by atoms with E-state index in [-0.39, 0.29) is 18.0 Å². The molecule has 0 bridgehead atoms. The van der Waals surface area contributed by atoms with E-state index in [2.05, 4.69) is 10.1 Å². The van der Waals surface area contributed by atoms with Gasteiger partial charge in [0.05, 0.1) is 0 Å². The molecule has 0 aliphatic heterocycles. The average molecular weight is 249 g/mol. The van der Waals surface area contributed by atoms with Crippen molar-refractivity contribution in [1.29, 1.82) is 0 Å². The topological polar surface area (TPSA) is 98.2 Å². The molecule has 0 amide bonds. The third-order valence-electron chi connectivity index (χ3n) is 2.49. The second-order valence-electron chi connectivity index (χ2n) is 3.82. The van der Waals surface area contributed by atoms with Crippen molar-refractivity contribution in [3.05, 3.63) is 45.5 Å². The molecule has 18 heavy (non-hydrogen) atoms. The molecule has 2 aromatic heterocycles. The summed E-state index contributed by atoms with van der Waals surface area (Å²) in [5.41, 5.74) is -0.240. The summed E-state index contributed by atoms with van der Waals surface area (Å²) >= 11 is 0. The second-order valence-corrected chi connectivity index (χ2v) is 3.82. The summed E-state index contributed by atoms with van der Waals surface area (Å²) in [6.45, 7) is 3.43. The lowest BCUT2D eigenvalue weighted by Crippen LogP contribution is -2.28. The highest BCUT2D eigenvalue weighted by atomic mass is 16.5. The molecule has 0 unspecified atom stereocenters. The number of aromatic carboxylic acids is 1. The van der Waals surface area contributed by atoms with Crippen LogP contribution in [0.2, 0.25) is 0 Å². The van der Waals surface area contributed by atoms with Gasteiger partial charge in [-0.05, 0) is 26.0 Å². The van der Waals surface area contributed by atoms with Crippen molar-refractivity contribution in [3.8, 4) is 0 Å². The predicted octanol–water partition coefficient (Wildman–Crippen LogP) is 0.595. The summed E-state index contributed by atoms with van der Waals surface area (Å²) in [6.07, 6.45) is 0. The van der Waals surface area contributed by atoms with Crippen molar-refractivity contribution >= 4 is 5.97 Å². The molecule has 0 radical (unpaired) electrons. The minimum Gasteiger partial charge on any atom is -0.477 e. The van der Waals surface area contributed by atoms with E-state index in [0.717, 1.165) is 0 Å². The minimum absolute atomic E-state index is 0.0621. The number of aromatic nitrogens is 3. The lowest BCUT2D eigenvalue weighted by atomic mass is 10.2. The van der Waals surface area contributed by atoms with Gasteiger partial charge in [-0.2, -0.15) is 4.98 Å². The summed E-state index contributed by atoms with van der Waals surface area (Å²) in [6, 6.07) is 2.85. The van der Waals surface area contributed by atoms with Crippen LogP contribution in [0.25, 0.3) is 0 Å². The molecule has 2 heterocycles. The number of carbonyl (C=O) groups is 1. The van der Waals surface area contributed by atoms with Gasteiger partial charge in [0.25, 0.3) is 5.56 Å². The van der Waals surface area contributed by atoms with E-state index in [9.17, 15) is 9.59 Å². The van der Waals surface area contributed by atoms with E-state index < -0.39 is 11.5 Å². The van der Waals surface area contributed by atoms with Crippen LogP contribution in [-0.2, 0) is 6.54 Å². The molecule has 0 aliphatic carbocycles. The van der Waals surface area contributed by atoms with Crippen LogP contribution in [0, 0.1) is 13.8 Å². The highest BCUT2D eigenvalue weighted by Gasteiger charge is 2.14. The Morgan fingerprint density at radius 2 is 2.17 bits per heavy atom. The van der Waals surface area contributed by atoms with E-state index in [0.29, 0.717) is 11.5 Å². The Kier molecular flexibility index (Phi) is 2.97. The van der Waals surface area contributed by atoms with Gasteiger partial charge in [-0.25, -0.2) is 4.79 Å². The normalized spacial score (nSPS) is 10.6. The zero-order valence-corrected chi connectivity index (χ0v) is 9.88. The Morgan fingerprint density at radius 1 is 1.44 bits per heavy atom. The third kappa shape index (κ3) is 2.15. The number of carboxylic acid groups (broad SMARTS) is 1. The number of pyridine rings is 1. The summed E-state index contributed by atoms with van der Waals surface area (Å²) in [4.78, 5) is 26.8. The molecule has 2 rings (SSSR count). The van der Waals surface area contributed by atoms with E-state index >= 15 is 0 Å². The van der Waals surface area contributed by atoms with Crippen LogP contribution in [0.1, 0.15) is 27.8 Å². The van der Waals surface area contributed by atoms with Crippen molar-refractivity contribution < 1.29 is 14.4 Å². The smallest absolute Gasteiger partial charge is 0.341 e. The fourth-order valence-corrected chi connectivity index (χ4v) is 1.57. The number of carboxylic acids is 1. The summed E-state index contributed by atoms with van der Waals surface area (Å²) < 4.78 is 6.20. The first-order valence-electron chi connectivity index (χ1n) is 5.22. The summed E-state index contributed by atoms with van der Waals surface area (Å²) in [7, 11) is 0. The Labute approximate surface area is 102 Å². The molecule has 0 aromatic carbocycles. The fourth-order valence-electron chi connectivity index (χ4n) is 1.57. The number of aryl methyl sites for hydroxylation is 2. The molecule has 0 saturated heterocycles. The van der Waals surface area contributed by atoms with Crippen molar-refractivity contribution in [3.63, 3.8) is 0 Å². The van der Waals surface area contributed by atoms with Crippen LogP contribution in [0.5, 0.6) is 0 Å². The van der Waals surface area contributed by atoms with Gasteiger partial charge < -0.3 is 14.2 Å². The number of hydrogen-bond donors (Lipinski definition) is 1. The first kappa shape index (κ1) is 12.0. The first-order valence-corrected chi connectivity index (χ1v) is 5.22. The van der Waals surface area contributed by atoms with Gasteiger partial charge in [0.1, 0.15) is 12.1 Å². The van der Waals surface area contributed by atoms with Gasteiger partial charge in [0, 0.05) is 5.69 Å². The Bertz CT molecular complexity index is 657. The fraction of sp³-hybridized carbons (Fsp3) is 0.273. The number of rotatable bonds is 3. The number of nitrogens with zero attached hydrogens (tertiary/aromatic N) is 3. The molecule has 2 aromatic rings. The lowest BCUT2D eigenvalue weighted by molar-refractivity contribution is 0.0694. The Hall–Kier alpha value is -2.44. The van der Waals surface area contributed by atoms with E-state index in [1.54, 1.807) is 19.9 Å². The quantitative estimate of drug-likeness (QED) is 0.855. The van der Waals surface area contributed by atoms with Crippen LogP contribution in [0.15, 0.2) is 21.5 Å². The van der Waals surface area contributed by atoms with Crippen molar-refractivity contribution in [1.82, 2.24) is 14.7 Å². The lowest BCUT2D eigenvalue weighted by Gasteiger charge is -2.07. The number of hydrogen-bond acceptors (Lipinski definition) is 5. The van der Waals surface area contributed by atoms with Gasteiger partial charge in [-0.15, -0.1) is 0 Å². The molecule has 7 nitrogen and oxygen atoms in total. The first-order chi connectivity index (χ1) is 8.49. The maximum atomic E-state index is 11.9. The second kappa shape index (κ2) is 4.44. The molecule has 0 spiro atoms. The van der Waals surface area contributed by atoms with Crippen LogP contribution >= 0.6 is 0 Å². The highest BCUT2D eigenvalue weighted by molar-refractivity contribution is 5.87. The molecular formula is C11H11N3O4. The van der Waals surface area contributed by atoms with Gasteiger partial charge >= 0.3 is 5.97 Å². The zero-order valence-electron chi connectivity index (χ0n) is 9.88. The highest BCUT2D eigenvalue weighted by Crippen LogP contribution is 2.03. The predicted molar refractivity (Wildman–Crippen MR) is 60.5 cm³/mol. The van der Waals surface area contributed by atoms with E-state index in [1.807, 2.05) is 0 Å². The van der Waals surface area contributed by atoms with Gasteiger partial charge in [-0.1, -0.05) is 5.16 Å². The Balaban J connectivity index is 2.47. The van der Waals surface area contributed by atoms with Gasteiger partial charge in [-0.3, -0.25) is 4.79 Å². The summed E-state index contributed by atoms with van der Waals surface area (Å²) in [5, 5.41) is 12.5. The molecule has 94 valence electrons. The maximum absolute atomic E-state index is 11.9. The standard InChI is InChI=1S/C11H11N3O4/c1-6-3-4-8(11(16)17)10(15)14(6)5-9-12-7(2)13-18-9/h3-4H,5H2,1-2H3,(H,16,17). The average Bonchev–Trinajstić information content (AvgIpc) is 2.69. The molecular weight excluding hydrogens is 238 g/mol. The van der Waals surface area contributed by atoms with Gasteiger partial charge in [0.2, 0.25) is 5.89 Å². The van der Waals surface area contributed by atoms with Crippen molar-refractivity contribution in [2.75, 3.05) is 0 Å². The van der Waals surface area contributed by atoms with E-state index in [4.69, 9.17) is 9.63 Å². The maximum Gasteiger partial charge on any atom is 0.341 e. The van der Waals surface area contributed by atoms with Gasteiger partial charge in [0.15, 0.2) is 5.82 Å². The Morgan fingerprint density at radius 3 is 2.72 bits per heavy atom. The minimum atomic E-state index is -1.25. The van der Waals surface area contributed by atoms with Crippen LogP contribution in [-0.4, -0.2) is 25.8 Å². The molecule has 7 heteroatoms. The zero-order chi connectivity index (χ0) is 13.3. The van der Waals surface area contributed by atoms with Crippen molar-refractivity contribution in [2.45, 2.75) is 20.4 Å². The third-order valence-corrected chi connectivity index (χ3v) is 2.49. The largest absolute Gasteiger partial charge is 0.477 e. The van der Waals surface area contributed by atoms with Crippen LogP contribution < -0.4 is 5.56 Å². The molecule has 0 aliphatic rings. The molecule has 0 fully saturated rings. The monoisotopic (exact) mass is 249 g/mol. The van der Waals surface area contributed by atoms with Crippen LogP contribution in [0.4, 0.5) is 0 Å². The van der Waals surface area contributed by atoms with Crippen molar-refractivity contribution in [2.24, 2.45) is 0 Å². The van der Waals surface area contributed by atoms with Crippen LogP contribution in [0.3, 0.4) is 0 Å². The molecule has 0 atom stereocenters.